The van der Waals surface area contributed by atoms with Gasteiger partial charge >= 0.3 is 12.1 Å². The highest BCUT2D eigenvalue weighted by Crippen LogP contribution is 2.44. The van der Waals surface area contributed by atoms with Gasteiger partial charge in [-0.05, 0) is 96.8 Å². The van der Waals surface area contributed by atoms with E-state index in [0.29, 0.717) is 67.9 Å². The van der Waals surface area contributed by atoms with Gasteiger partial charge in [0.2, 0.25) is 0 Å². The summed E-state index contributed by atoms with van der Waals surface area (Å²) in [6, 6.07) is 5.85. The molecule has 15 heteroatoms. The van der Waals surface area contributed by atoms with Crippen molar-refractivity contribution in [2.45, 2.75) is 109 Å². The Morgan fingerprint density at radius 2 is 1.59 bits per heavy atom. The Morgan fingerprint density at radius 3 is 2.31 bits per heavy atom. The number of hydrogen-bond acceptors (Lipinski definition) is 12. The molecule has 4 heterocycles. The highest BCUT2D eigenvalue weighted by Gasteiger charge is 2.46. The van der Waals surface area contributed by atoms with Crippen LogP contribution >= 0.6 is 0 Å². The summed E-state index contributed by atoms with van der Waals surface area (Å²) in [6.07, 6.45) is 9.93. The number of ether oxygens (including phenoxy) is 5. The van der Waals surface area contributed by atoms with Crippen molar-refractivity contribution in [3.05, 3.63) is 71.1 Å². The molecule has 316 valence electrons. The van der Waals surface area contributed by atoms with Crippen LogP contribution in [0, 0.1) is 5.41 Å². The van der Waals surface area contributed by atoms with E-state index in [1.54, 1.807) is 38.4 Å². The largest absolute Gasteiger partial charge is 0.493 e. The lowest BCUT2D eigenvalue weighted by atomic mass is 9.79. The standard InChI is InChI=1S/C44H54N4O11/c1-26-17-28-23-45-32-21-37(35(55-4)19-30(32)39(49)46(28)24-26)57-15-9-6-10-16-58-38-22-33-31(20-36(38)56-5)40(50)47-25-27(2)18-34(47)41(51)48(33)43(54)59-29-11-7-8-13-44(3,14-12-29)42(52)53/h7,11,19-25,28-29,34,39,41,49,51H,6,8-10,12-18H2,1-5H3,(H,52,53)/b11-7+/t28-,29-,34-,39?,41?,44+/m0/s1. The van der Waals surface area contributed by atoms with E-state index in [2.05, 4.69) is 4.99 Å². The zero-order valence-electron chi connectivity index (χ0n) is 34.3. The maximum atomic E-state index is 14.1. The van der Waals surface area contributed by atoms with E-state index in [9.17, 15) is 29.7 Å². The van der Waals surface area contributed by atoms with Crippen LogP contribution in [0.3, 0.4) is 0 Å². The maximum absolute atomic E-state index is 14.1. The van der Waals surface area contributed by atoms with Gasteiger partial charge < -0.3 is 48.8 Å². The van der Waals surface area contributed by atoms with Gasteiger partial charge in [0, 0.05) is 36.3 Å². The van der Waals surface area contributed by atoms with Gasteiger partial charge in [-0.1, -0.05) is 17.2 Å². The van der Waals surface area contributed by atoms with E-state index in [-0.39, 0.29) is 41.8 Å². The fourth-order valence-electron chi connectivity index (χ4n) is 8.40. The Morgan fingerprint density at radius 1 is 0.898 bits per heavy atom. The summed E-state index contributed by atoms with van der Waals surface area (Å²) < 4.78 is 29.6. The van der Waals surface area contributed by atoms with Crippen molar-refractivity contribution in [1.29, 1.82) is 0 Å². The third kappa shape index (κ3) is 8.49. The minimum absolute atomic E-state index is 0.0104. The molecule has 7 rings (SSSR count). The number of nitrogens with zero attached hydrogens (tertiary/aromatic N) is 4. The summed E-state index contributed by atoms with van der Waals surface area (Å²) in [7, 11) is 3.03. The number of carboxylic acid groups (broad SMARTS) is 1. The van der Waals surface area contributed by atoms with Crippen molar-refractivity contribution in [3.63, 3.8) is 0 Å². The van der Waals surface area contributed by atoms with Gasteiger partial charge in [-0.3, -0.25) is 14.6 Å². The number of amides is 2. The molecule has 2 aromatic rings. The van der Waals surface area contributed by atoms with E-state index in [4.69, 9.17) is 23.7 Å². The van der Waals surface area contributed by atoms with Crippen LogP contribution in [0.5, 0.6) is 23.0 Å². The highest BCUT2D eigenvalue weighted by atomic mass is 16.6. The van der Waals surface area contributed by atoms with E-state index < -0.39 is 48.0 Å². The Bertz CT molecular complexity index is 2080. The summed E-state index contributed by atoms with van der Waals surface area (Å²) >= 11 is 0. The molecule has 0 fully saturated rings. The number of aliphatic imine (C=N–C) groups is 1. The van der Waals surface area contributed by atoms with Crippen LogP contribution < -0.4 is 23.8 Å². The van der Waals surface area contributed by atoms with Gasteiger partial charge in [0.25, 0.3) is 5.91 Å². The van der Waals surface area contributed by atoms with Crippen LogP contribution in [0.4, 0.5) is 16.2 Å². The topological polar surface area (TPSA) is 180 Å². The van der Waals surface area contributed by atoms with Crippen LogP contribution in [0.15, 0.2) is 65.0 Å². The zero-order chi connectivity index (χ0) is 42.0. The number of carboxylic acids is 1. The smallest absolute Gasteiger partial charge is 0.417 e. The molecule has 0 spiro atoms. The molecular weight excluding hydrogens is 761 g/mol. The number of benzene rings is 2. The first-order valence-electron chi connectivity index (χ1n) is 20.3. The number of allylic oxidation sites excluding steroid dienone is 1. The molecule has 0 saturated carbocycles. The SMILES string of the molecule is COc1cc2c(cc1OCCCCCOc1cc3c(cc1OC)C(=O)N1C=C(C)C[C@H]1C(O)N3C(=O)O[C@H]1/C=C/CC[C@@](C)(C(=O)O)CC1)N=C[C@@H]1CC(C)=CN1C2O. The number of aliphatic hydroxyl groups is 2. The second kappa shape index (κ2) is 17.4. The monoisotopic (exact) mass is 814 g/mol. The lowest BCUT2D eigenvalue weighted by molar-refractivity contribution is -0.149. The zero-order valence-corrected chi connectivity index (χ0v) is 34.3. The van der Waals surface area contributed by atoms with E-state index in [1.807, 2.05) is 37.2 Å². The average Bonchev–Trinajstić information content (AvgIpc) is 3.75. The molecule has 0 radical (unpaired) electrons. The Kier molecular flexibility index (Phi) is 12.2. The fourth-order valence-corrected chi connectivity index (χ4v) is 8.40. The molecule has 2 unspecified atom stereocenters. The summed E-state index contributed by atoms with van der Waals surface area (Å²) in [5.41, 5.74) is 2.60. The number of methoxy groups -OCH3 is 2. The van der Waals surface area contributed by atoms with Gasteiger partial charge in [-0.25, -0.2) is 9.69 Å². The number of anilines is 1. The normalized spacial score (nSPS) is 26.5. The minimum atomic E-state index is -1.46. The maximum Gasteiger partial charge on any atom is 0.417 e. The third-order valence-corrected chi connectivity index (χ3v) is 11.9. The molecule has 1 aliphatic carbocycles. The van der Waals surface area contributed by atoms with Crippen LogP contribution in [0.1, 0.15) is 101 Å². The van der Waals surface area contributed by atoms with Crippen LogP contribution in [0.25, 0.3) is 0 Å². The first-order chi connectivity index (χ1) is 28.3. The van der Waals surface area contributed by atoms with E-state index >= 15 is 0 Å². The molecule has 59 heavy (non-hydrogen) atoms. The highest BCUT2D eigenvalue weighted by molar-refractivity contribution is 6.06. The van der Waals surface area contributed by atoms with E-state index in [1.165, 1.54) is 29.7 Å². The third-order valence-electron chi connectivity index (χ3n) is 11.9. The molecule has 0 bridgehead atoms. The van der Waals surface area contributed by atoms with Crippen molar-refractivity contribution < 1.29 is 53.4 Å². The van der Waals surface area contributed by atoms with E-state index in [0.717, 1.165) is 23.3 Å². The number of aliphatic hydroxyl groups excluding tert-OH is 2. The Balaban J connectivity index is 1.02. The number of rotatable bonds is 12. The Labute approximate surface area is 344 Å². The Hall–Kier alpha value is -5.54. The number of unbranched alkanes of at least 4 members (excludes halogenated alkanes) is 2. The molecule has 15 nitrogen and oxygen atoms in total. The second-order valence-electron chi connectivity index (χ2n) is 16.2. The second-order valence-corrected chi connectivity index (χ2v) is 16.2. The lowest BCUT2D eigenvalue weighted by Crippen LogP contribution is -2.51. The molecule has 3 N–H and O–H groups in total. The fraction of sp³-hybridized carbons (Fsp3) is 0.500. The van der Waals surface area contributed by atoms with Gasteiger partial charge in [0.1, 0.15) is 6.10 Å². The van der Waals surface area contributed by atoms with Crippen LogP contribution in [-0.2, 0) is 9.53 Å². The van der Waals surface area contributed by atoms with Crippen molar-refractivity contribution >= 4 is 35.6 Å². The summed E-state index contributed by atoms with van der Waals surface area (Å²) in [4.78, 5) is 49.3. The summed E-state index contributed by atoms with van der Waals surface area (Å²) in [6.45, 7) is 6.26. The van der Waals surface area contributed by atoms with Gasteiger partial charge in [-0.15, -0.1) is 0 Å². The van der Waals surface area contributed by atoms with Crippen molar-refractivity contribution in [1.82, 2.24) is 9.80 Å². The quantitative estimate of drug-likeness (QED) is 0.148. The number of fused-ring (bicyclic) bond motifs is 4. The molecule has 2 amide bonds. The number of carbonyl (C=O) groups excluding carboxylic acids is 2. The molecular formula is C44H54N4O11. The van der Waals surface area contributed by atoms with Crippen molar-refractivity contribution in [2.24, 2.45) is 10.4 Å². The molecule has 6 atom stereocenters. The van der Waals surface area contributed by atoms with Gasteiger partial charge in [0.15, 0.2) is 35.5 Å². The van der Waals surface area contributed by atoms with Crippen molar-refractivity contribution in [3.8, 4) is 23.0 Å². The van der Waals surface area contributed by atoms with Gasteiger partial charge in [-0.2, -0.15) is 0 Å². The summed E-state index contributed by atoms with van der Waals surface area (Å²) in [5, 5.41) is 32.8. The average molecular weight is 815 g/mol. The van der Waals surface area contributed by atoms with Crippen molar-refractivity contribution in [2.75, 3.05) is 32.3 Å². The number of aliphatic carboxylic acids is 1. The molecule has 5 aliphatic rings. The first kappa shape index (κ1) is 41.6. The summed E-state index contributed by atoms with van der Waals surface area (Å²) in [5.74, 6) is 0.287. The number of carbonyl (C=O) groups is 3. The first-order valence-corrected chi connectivity index (χ1v) is 20.3. The molecule has 2 aromatic carbocycles. The number of hydrogen-bond donors (Lipinski definition) is 3. The predicted octanol–water partition coefficient (Wildman–Crippen LogP) is 7.00. The van der Waals surface area contributed by atoms with Gasteiger partial charge in [0.05, 0.1) is 61.9 Å². The minimum Gasteiger partial charge on any atom is -0.493 e. The molecule has 0 aromatic heterocycles. The molecule has 4 aliphatic heterocycles. The van der Waals surface area contributed by atoms with Crippen LogP contribution in [0.2, 0.25) is 0 Å². The molecule has 0 saturated heterocycles. The van der Waals surface area contributed by atoms with Crippen LogP contribution in [-0.4, -0.2) is 101 Å². The predicted molar refractivity (Wildman–Crippen MR) is 218 cm³/mol. The lowest BCUT2D eigenvalue weighted by Gasteiger charge is -2.33.